The van der Waals surface area contributed by atoms with Crippen molar-refractivity contribution in [2.45, 2.75) is 58.0 Å². The number of carboxylic acids is 1. The van der Waals surface area contributed by atoms with Crippen LogP contribution in [0.2, 0.25) is 0 Å². The molecular weight excluding hydrogens is 240 g/mol. The van der Waals surface area contributed by atoms with Crippen molar-refractivity contribution in [1.29, 1.82) is 0 Å². The standard InChI is InChI=1S/C16H22O3/c1-11-7-8-14(19-12-5-4-6-12)13(9-11)16(2,3)10-15(17)18/h7-9,12H,4-6,10H2,1-3H3,(H,17,18). The fourth-order valence-electron chi connectivity index (χ4n) is 2.42. The SMILES string of the molecule is Cc1ccc(OC2CCC2)c(C(C)(C)CC(=O)O)c1. The van der Waals surface area contributed by atoms with Crippen molar-refractivity contribution in [3.8, 4) is 5.75 Å². The van der Waals surface area contributed by atoms with Crippen molar-refractivity contribution in [1.82, 2.24) is 0 Å². The first-order valence-electron chi connectivity index (χ1n) is 6.88. The summed E-state index contributed by atoms with van der Waals surface area (Å²) in [6.07, 6.45) is 3.85. The van der Waals surface area contributed by atoms with Gasteiger partial charge in [0, 0.05) is 11.0 Å². The smallest absolute Gasteiger partial charge is 0.304 e. The lowest BCUT2D eigenvalue weighted by Gasteiger charge is -2.31. The van der Waals surface area contributed by atoms with Crippen molar-refractivity contribution in [2.75, 3.05) is 0 Å². The summed E-state index contributed by atoms with van der Waals surface area (Å²) in [6, 6.07) is 6.05. The van der Waals surface area contributed by atoms with Gasteiger partial charge in [-0.25, -0.2) is 0 Å². The topological polar surface area (TPSA) is 46.5 Å². The van der Waals surface area contributed by atoms with Gasteiger partial charge in [0.15, 0.2) is 0 Å². The Hall–Kier alpha value is -1.51. The Morgan fingerprint density at radius 3 is 2.63 bits per heavy atom. The van der Waals surface area contributed by atoms with Crippen molar-refractivity contribution < 1.29 is 14.6 Å². The minimum atomic E-state index is -0.777. The molecule has 1 fully saturated rings. The van der Waals surface area contributed by atoms with Crippen LogP contribution in [-0.4, -0.2) is 17.2 Å². The van der Waals surface area contributed by atoms with E-state index < -0.39 is 11.4 Å². The molecule has 1 aliphatic carbocycles. The first-order valence-corrected chi connectivity index (χ1v) is 6.88. The molecule has 19 heavy (non-hydrogen) atoms. The summed E-state index contributed by atoms with van der Waals surface area (Å²) in [4.78, 5) is 11.0. The second-order valence-corrected chi connectivity index (χ2v) is 6.12. The number of ether oxygens (including phenoxy) is 1. The molecule has 0 spiro atoms. The highest BCUT2D eigenvalue weighted by molar-refractivity contribution is 5.69. The summed E-state index contributed by atoms with van der Waals surface area (Å²) in [5, 5.41) is 9.07. The molecule has 0 atom stereocenters. The first-order chi connectivity index (χ1) is 8.88. The lowest BCUT2D eigenvalue weighted by Crippen LogP contribution is -2.28. The molecule has 0 bridgehead atoms. The number of hydrogen-bond acceptors (Lipinski definition) is 2. The van der Waals surface area contributed by atoms with Crippen LogP contribution in [0.15, 0.2) is 18.2 Å². The summed E-state index contributed by atoms with van der Waals surface area (Å²) < 4.78 is 6.01. The molecule has 1 aromatic rings. The Morgan fingerprint density at radius 1 is 1.42 bits per heavy atom. The zero-order chi connectivity index (χ0) is 14.0. The van der Waals surface area contributed by atoms with E-state index >= 15 is 0 Å². The van der Waals surface area contributed by atoms with Gasteiger partial charge in [-0.1, -0.05) is 31.5 Å². The quantitative estimate of drug-likeness (QED) is 0.880. The molecule has 0 saturated heterocycles. The number of carboxylic acid groups (broad SMARTS) is 1. The third-order valence-electron chi connectivity index (χ3n) is 3.80. The lowest BCUT2D eigenvalue weighted by molar-refractivity contribution is -0.138. The van der Waals surface area contributed by atoms with Crippen LogP contribution in [0, 0.1) is 6.92 Å². The number of carbonyl (C=O) groups is 1. The normalized spacial score (nSPS) is 15.9. The van der Waals surface area contributed by atoms with Gasteiger partial charge in [0.1, 0.15) is 5.75 Å². The van der Waals surface area contributed by atoms with Gasteiger partial charge in [0.2, 0.25) is 0 Å². The third-order valence-corrected chi connectivity index (χ3v) is 3.80. The van der Waals surface area contributed by atoms with Crippen LogP contribution in [0.25, 0.3) is 0 Å². The van der Waals surface area contributed by atoms with E-state index in [1.165, 1.54) is 6.42 Å². The van der Waals surface area contributed by atoms with Gasteiger partial charge in [-0.15, -0.1) is 0 Å². The largest absolute Gasteiger partial charge is 0.490 e. The molecule has 0 unspecified atom stereocenters. The third kappa shape index (κ3) is 3.28. The highest BCUT2D eigenvalue weighted by atomic mass is 16.5. The maximum absolute atomic E-state index is 11.0. The number of benzene rings is 1. The number of aliphatic carboxylic acids is 1. The fourth-order valence-corrected chi connectivity index (χ4v) is 2.42. The monoisotopic (exact) mass is 262 g/mol. The molecule has 0 aromatic heterocycles. The second-order valence-electron chi connectivity index (χ2n) is 6.12. The predicted octanol–water partition coefficient (Wildman–Crippen LogP) is 3.68. The Bertz CT molecular complexity index is 473. The molecule has 3 nitrogen and oxygen atoms in total. The van der Waals surface area contributed by atoms with Crippen molar-refractivity contribution in [3.63, 3.8) is 0 Å². The van der Waals surface area contributed by atoms with Gasteiger partial charge in [-0.05, 0) is 32.3 Å². The number of rotatable bonds is 5. The lowest BCUT2D eigenvalue weighted by atomic mass is 9.80. The number of aryl methyl sites for hydroxylation is 1. The van der Waals surface area contributed by atoms with Gasteiger partial charge >= 0.3 is 5.97 Å². The molecular formula is C16H22O3. The van der Waals surface area contributed by atoms with E-state index in [2.05, 4.69) is 6.07 Å². The first kappa shape index (κ1) is 13.9. The van der Waals surface area contributed by atoms with E-state index in [-0.39, 0.29) is 6.42 Å². The Kier molecular flexibility index (Phi) is 3.83. The minimum absolute atomic E-state index is 0.109. The minimum Gasteiger partial charge on any atom is -0.490 e. The molecule has 0 aliphatic heterocycles. The van der Waals surface area contributed by atoms with Crippen LogP contribution in [0.1, 0.15) is 50.7 Å². The Labute approximate surface area is 114 Å². The molecule has 104 valence electrons. The summed E-state index contributed by atoms with van der Waals surface area (Å²) >= 11 is 0. The van der Waals surface area contributed by atoms with Gasteiger partial charge in [0.25, 0.3) is 0 Å². The van der Waals surface area contributed by atoms with Crippen LogP contribution in [0.4, 0.5) is 0 Å². The van der Waals surface area contributed by atoms with Crippen LogP contribution >= 0.6 is 0 Å². The molecule has 0 heterocycles. The van der Waals surface area contributed by atoms with Crippen molar-refractivity contribution in [3.05, 3.63) is 29.3 Å². The highest BCUT2D eigenvalue weighted by Gasteiger charge is 2.29. The number of hydrogen-bond donors (Lipinski definition) is 1. The fraction of sp³-hybridized carbons (Fsp3) is 0.562. The molecule has 0 amide bonds. The average molecular weight is 262 g/mol. The van der Waals surface area contributed by atoms with E-state index in [4.69, 9.17) is 9.84 Å². The molecule has 1 N–H and O–H groups in total. The summed E-state index contributed by atoms with van der Waals surface area (Å²) in [5.74, 6) is 0.0719. The van der Waals surface area contributed by atoms with Crippen LogP contribution in [-0.2, 0) is 10.2 Å². The Morgan fingerprint density at radius 2 is 2.11 bits per heavy atom. The summed E-state index contributed by atoms with van der Waals surface area (Å²) in [7, 11) is 0. The van der Waals surface area contributed by atoms with Crippen LogP contribution < -0.4 is 4.74 Å². The van der Waals surface area contributed by atoms with Crippen LogP contribution in [0.3, 0.4) is 0 Å². The van der Waals surface area contributed by atoms with Gasteiger partial charge in [0.05, 0.1) is 12.5 Å². The van der Waals surface area contributed by atoms with E-state index in [1.807, 2.05) is 32.9 Å². The van der Waals surface area contributed by atoms with E-state index in [9.17, 15) is 4.79 Å². The maximum atomic E-state index is 11.0. The average Bonchev–Trinajstić information content (AvgIpc) is 2.23. The highest BCUT2D eigenvalue weighted by Crippen LogP contribution is 2.37. The van der Waals surface area contributed by atoms with Crippen molar-refractivity contribution >= 4 is 5.97 Å². The van der Waals surface area contributed by atoms with Gasteiger partial charge < -0.3 is 9.84 Å². The molecule has 3 heteroatoms. The van der Waals surface area contributed by atoms with Gasteiger partial charge in [-0.2, -0.15) is 0 Å². The molecule has 1 aromatic carbocycles. The molecule has 0 radical (unpaired) electrons. The molecule has 1 saturated carbocycles. The van der Waals surface area contributed by atoms with Crippen LogP contribution in [0.5, 0.6) is 5.75 Å². The van der Waals surface area contributed by atoms with E-state index in [0.29, 0.717) is 6.10 Å². The predicted molar refractivity (Wildman–Crippen MR) is 74.7 cm³/mol. The second kappa shape index (κ2) is 5.24. The van der Waals surface area contributed by atoms with Gasteiger partial charge in [-0.3, -0.25) is 4.79 Å². The zero-order valence-corrected chi connectivity index (χ0v) is 11.9. The Balaban J connectivity index is 2.29. The molecule has 2 rings (SSSR count). The molecule has 1 aliphatic rings. The maximum Gasteiger partial charge on any atom is 0.304 e. The zero-order valence-electron chi connectivity index (χ0n) is 11.9. The van der Waals surface area contributed by atoms with E-state index in [1.54, 1.807) is 0 Å². The summed E-state index contributed by atoms with van der Waals surface area (Å²) in [6.45, 7) is 5.94. The summed E-state index contributed by atoms with van der Waals surface area (Å²) in [5.41, 5.74) is 1.72. The van der Waals surface area contributed by atoms with E-state index in [0.717, 1.165) is 29.7 Å². The van der Waals surface area contributed by atoms with Crippen molar-refractivity contribution in [2.24, 2.45) is 0 Å².